The van der Waals surface area contributed by atoms with E-state index < -0.39 is 0 Å². The van der Waals surface area contributed by atoms with Crippen LogP contribution in [0.1, 0.15) is 38.5 Å². The smallest absolute Gasteiger partial charge is 0.305 e. The summed E-state index contributed by atoms with van der Waals surface area (Å²) in [4.78, 5) is 22.2. The molecular weight excluding hydrogens is 182 g/mol. The van der Waals surface area contributed by atoms with Gasteiger partial charge in [-0.1, -0.05) is 12.8 Å². The predicted octanol–water partition coefficient (Wildman–Crippen LogP) is 1.00. The van der Waals surface area contributed by atoms with Crippen molar-refractivity contribution >= 4 is 11.9 Å². The summed E-state index contributed by atoms with van der Waals surface area (Å²) < 4.78 is 4.89. The Labute approximate surface area is 84.0 Å². The van der Waals surface area contributed by atoms with Crippen LogP contribution in [0.15, 0.2) is 0 Å². The van der Waals surface area contributed by atoms with Crippen LogP contribution in [0.2, 0.25) is 0 Å². The van der Waals surface area contributed by atoms with Crippen molar-refractivity contribution in [3.05, 3.63) is 0 Å². The molecule has 4 heteroatoms. The van der Waals surface area contributed by atoms with Crippen molar-refractivity contribution in [1.29, 1.82) is 0 Å². The minimum Gasteiger partial charge on any atom is -0.465 e. The summed E-state index contributed by atoms with van der Waals surface area (Å²) in [6.07, 6.45) is 4.76. The maximum atomic E-state index is 11.1. The second-order valence-electron chi connectivity index (χ2n) is 3.48. The molecule has 1 heterocycles. The molecule has 14 heavy (non-hydrogen) atoms. The molecule has 1 amide bonds. The van der Waals surface area contributed by atoms with E-state index in [1.54, 1.807) is 0 Å². The summed E-state index contributed by atoms with van der Waals surface area (Å²) in [5.41, 5.74) is 0. The largest absolute Gasteiger partial charge is 0.465 e. The van der Waals surface area contributed by atoms with Gasteiger partial charge in [0.25, 0.3) is 0 Å². The zero-order valence-electron chi connectivity index (χ0n) is 8.38. The molecule has 1 N–H and O–H groups in total. The standard InChI is InChI=1S/C10H17NO3/c12-9-6-8-14-10(13)5-3-1-2-4-7-11-9/h1-8H2,(H,11,12). The first-order valence-corrected chi connectivity index (χ1v) is 5.21. The van der Waals surface area contributed by atoms with Gasteiger partial charge < -0.3 is 10.1 Å². The van der Waals surface area contributed by atoms with Crippen LogP contribution in [0.5, 0.6) is 0 Å². The summed E-state index contributed by atoms with van der Waals surface area (Å²) in [7, 11) is 0. The number of hydrogen-bond acceptors (Lipinski definition) is 3. The number of amides is 1. The van der Waals surface area contributed by atoms with Crippen LogP contribution in [-0.4, -0.2) is 25.0 Å². The second kappa shape index (κ2) is 6.40. The van der Waals surface area contributed by atoms with Gasteiger partial charge in [-0.3, -0.25) is 9.59 Å². The third-order valence-corrected chi connectivity index (χ3v) is 2.22. The van der Waals surface area contributed by atoms with E-state index in [2.05, 4.69) is 5.32 Å². The van der Waals surface area contributed by atoms with E-state index in [1.807, 2.05) is 0 Å². The first-order chi connectivity index (χ1) is 6.79. The van der Waals surface area contributed by atoms with Crippen LogP contribution in [-0.2, 0) is 14.3 Å². The van der Waals surface area contributed by atoms with E-state index in [4.69, 9.17) is 4.74 Å². The lowest BCUT2D eigenvalue weighted by Gasteiger charge is -2.08. The first-order valence-electron chi connectivity index (χ1n) is 5.21. The summed E-state index contributed by atoms with van der Waals surface area (Å²) in [6.45, 7) is 0.956. The molecule has 1 fully saturated rings. The van der Waals surface area contributed by atoms with Gasteiger partial charge in [0.2, 0.25) is 5.91 Å². The molecule has 1 saturated heterocycles. The molecule has 1 rings (SSSR count). The van der Waals surface area contributed by atoms with Crippen molar-refractivity contribution in [2.75, 3.05) is 13.2 Å². The Balaban J connectivity index is 2.28. The summed E-state index contributed by atoms with van der Waals surface area (Å²) in [5.74, 6) is -0.211. The van der Waals surface area contributed by atoms with Crippen LogP contribution < -0.4 is 5.32 Å². The average Bonchev–Trinajstić information content (AvgIpc) is 2.14. The quantitative estimate of drug-likeness (QED) is 0.592. The molecule has 0 atom stereocenters. The highest BCUT2D eigenvalue weighted by Gasteiger charge is 2.06. The van der Waals surface area contributed by atoms with E-state index in [-0.39, 0.29) is 24.9 Å². The lowest BCUT2D eigenvalue weighted by Crippen LogP contribution is -2.26. The molecule has 0 bridgehead atoms. The van der Waals surface area contributed by atoms with Crippen molar-refractivity contribution in [3.8, 4) is 0 Å². The van der Waals surface area contributed by atoms with Gasteiger partial charge in [0, 0.05) is 13.0 Å². The highest BCUT2D eigenvalue weighted by molar-refractivity contribution is 5.76. The van der Waals surface area contributed by atoms with Gasteiger partial charge in [0.15, 0.2) is 0 Å². The van der Waals surface area contributed by atoms with Gasteiger partial charge in [0.1, 0.15) is 6.61 Å². The van der Waals surface area contributed by atoms with Gasteiger partial charge in [-0.25, -0.2) is 0 Å². The lowest BCUT2D eigenvalue weighted by atomic mass is 10.1. The molecule has 0 aromatic heterocycles. The normalized spacial score (nSPS) is 21.4. The molecule has 0 unspecified atom stereocenters. The number of nitrogens with one attached hydrogen (secondary N) is 1. The topological polar surface area (TPSA) is 55.4 Å². The number of cyclic esters (lactones) is 1. The maximum absolute atomic E-state index is 11.1. The van der Waals surface area contributed by atoms with Gasteiger partial charge in [-0.2, -0.15) is 0 Å². The van der Waals surface area contributed by atoms with Crippen LogP contribution in [0, 0.1) is 0 Å². The molecule has 0 aliphatic carbocycles. The summed E-state index contributed by atoms with van der Waals surface area (Å²) in [5, 5.41) is 2.79. The molecule has 0 radical (unpaired) electrons. The fourth-order valence-corrected chi connectivity index (χ4v) is 1.39. The fourth-order valence-electron chi connectivity index (χ4n) is 1.39. The van der Waals surface area contributed by atoms with Crippen molar-refractivity contribution in [1.82, 2.24) is 5.32 Å². The van der Waals surface area contributed by atoms with Crippen LogP contribution in [0.25, 0.3) is 0 Å². The maximum Gasteiger partial charge on any atom is 0.305 e. The number of ether oxygens (including phenoxy) is 1. The van der Waals surface area contributed by atoms with E-state index in [0.717, 1.165) is 32.2 Å². The highest BCUT2D eigenvalue weighted by Crippen LogP contribution is 2.04. The number of carbonyl (C=O) groups excluding carboxylic acids is 2. The van der Waals surface area contributed by atoms with Crippen LogP contribution in [0.3, 0.4) is 0 Å². The van der Waals surface area contributed by atoms with Gasteiger partial charge in [0.05, 0.1) is 6.42 Å². The molecule has 0 aromatic rings. The van der Waals surface area contributed by atoms with Crippen LogP contribution in [0.4, 0.5) is 0 Å². The Morgan fingerprint density at radius 1 is 1.00 bits per heavy atom. The molecule has 1 aliphatic rings. The Bertz CT molecular complexity index is 184. The van der Waals surface area contributed by atoms with E-state index in [1.165, 1.54) is 0 Å². The van der Waals surface area contributed by atoms with E-state index in [0.29, 0.717) is 6.42 Å². The number of carbonyl (C=O) groups is 2. The minimum atomic E-state index is -0.182. The summed E-state index contributed by atoms with van der Waals surface area (Å²) in [6, 6.07) is 0. The molecular formula is C10H17NO3. The second-order valence-corrected chi connectivity index (χ2v) is 3.48. The van der Waals surface area contributed by atoms with Gasteiger partial charge >= 0.3 is 5.97 Å². The van der Waals surface area contributed by atoms with Gasteiger partial charge in [-0.05, 0) is 12.8 Å². The number of rotatable bonds is 0. The monoisotopic (exact) mass is 199 g/mol. The Kier molecular flexibility index (Phi) is 5.04. The van der Waals surface area contributed by atoms with E-state index in [9.17, 15) is 9.59 Å². The molecule has 4 nitrogen and oxygen atoms in total. The van der Waals surface area contributed by atoms with Crippen molar-refractivity contribution < 1.29 is 14.3 Å². The third kappa shape index (κ3) is 4.84. The summed E-state index contributed by atoms with van der Waals surface area (Å²) >= 11 is 0. The van der Waals surface area contributed by atoms with Crippen molar-refractivity contribution in [2.45, 2.75) is 38.5 Å². The zero-order valence-corrected chi connectivity index (χ0v) is 8.38. The number of hydrogen-bond donors (Lipinski definition) is 1. The zero-order chi connectivity index (χ0) is 10.2. The lowest BCUT2D eigenvalue weighted by molar-refractivity contribution is -0.144. The fraction of sp³-hybridized carbons (Fsp3) is 0.800. The predicted molar refractivity (Wildman–Crippen MR) is 51.7 cm³/mol. The minimum absolute atomic E-state index is 0.0293. The Morgan fingerprint density at radius 2 is 1.79 bits per heavy atom. The number of esters is 1. The highest BCUT2D eigenvalue weighted by atomic mass is 16.5. The third-order valence-electron chi connectivity index (χ3n) is 2.22. The SMILES string of the molecule is O=C1CCOC(=O)CCCCCCN1. The molecule has 0 aromatic carbocycles. The van der Waals surface area contributed by atoms with Crippen molar-refractivity contribution in [2.24, 2.45) is 0 Å². The molecule has 80 valence electrons. The molecule has 0 saturated carbocycles. The Hall–Kier alpha value is -1.06. The van der Waals surface area contributed by atoms with Gasteiger partial charge in [-0.15, -0.1) is 0 Å². The van der Waals surface area contributed by atoms with Crippen LogP contribution >= 0.6 is 0 Å². The molecule has 0 spiro atoms. The van der Waals surface area contributed by atoms with E-state index >= 15 is 0 Å². The molecule has 1 aliphatic heterocycles. The Morgan fingerprint density at radius 3 is 2.64 bits per heavy atom. The van der Waals surface area contributed by atoms with Crippen molar-refractivity contribution in [3.63, 3.8) is 0 Å². The first kappa shape index (κ1) is 11.0. The average molecular weight is 199 g/mol.